The zero-order valence-electron chi connectivity index (χ0n) is 16.5. The summed E-state index contributed by atoms with van der Waals surface area (Å²) in [7, 11) is 0. The molecule has 0 aliphatic rings. The maximum absolute atomic E-state index is 12.5. The number of anilines is 1. The van der Waals surface area contributed by atoms with Gasteiger partial charge in [-0.05, 0) is 26.0 Å². The molecule has 0 unspecified atom stereocenters. The molecule has 3 rings (SSSR count). The predicted octanol–water partition coefficient (Wildman–Crippen LogP) is 2.12. The van der Waals surface area contributed by atoms with Gasteiger partial charge in [-0.1, -0.05) is 12.1 Å². The molecule has 2 heterocycles. The minimum absolute atomic E-state index is 0.0163. The molecule has 2 N–H and O–H groups in total. The Morgan fingerprint density at radius 3 is 2.70 bits per heavy atom. The topological polar surface area (TPSA) is 137 Å². The fraction of sp³-hybridized carbons (Fsp3) is 0.263. The van der Waals surface area contributed by atoms with Gasteiger partial charge in [0.25, 0.3) is 11.6 Å². The zero-order valence-corrected chi connectivity index (χ0v) is 16.5. The van der Waals surface area contributed by atoms with Gasteiger partial charge in [-0.25, -0.2) is 4.68 Å². The lowest BCUT2D eigenvalue weighted by atomic mass is 10.2. The number of amides is 1. The van der Waals surface area contributed by atoms with Crippen LogP contribution in [0.5, 0.6) is 5.88 Å². The quantitative estimate of drug-likeness (QED) is 0.310. The van der Waals surface area contributed by atoms with Crippen molar-refractivity contribution in [3.63, 3.8) is 0 Å². The third-order valence-electron chi connectivity index (χ3n) is 4.22. The van der Waals surface area contributed by atoms with E-state index in [-0.39, 0.29) is 18.1 Å². The maximum Gasteiger partial charge on any atom is 0.292 e. The van der Waals surface area contributed by atoms with Gasteiger partial charge >= 0.3 is 0 Å². The van der Waals surface area contributed by atoms with E-state index < -0.39 is 4.92 Å². The number of ether oxygens (including phenoxy) is 1. The van der Waals surface area contributed by atoms with Crippen molar-refractivity contribution >= 4 is 17.3 Å². The monoisotopic (exact) mass is 411 g/mol. The highest BCUT2D eigenvalue weighted by atomic mass is 16.6. The first kappa shape index (κ1) is 20.7. The van der Waals surface area contributed by atoms with Crippen LogP contribution < -0.4 is 15.4 Å². The number of hydrogen-bond acceptors (Lipinski definition) is 8. The molecule has 0 aliphatic carbocycles. The Hall–Kier alpha value is -4.02. The summed E-state index contributed by atoms with van der Waals surface area (Å²) in [6.45, 7) is 4.71. The van der Waals surface area contributed by atoms with Crippen molar-refractivity contribution in [2.24, 2.45) is 0 Å². The highest BCUT2D eigenvalue weighted by Gasteiger charge is 2.16. The van der Waals surface area contributed by atoms with E-state index in [1.54, 1.807) is 37.3 Å². The van der Waals surface area contributed by atoms with Crippen LogP contribution in [0.1, 0.15) is 23.0 Å². The van der Waals surface area contributed by atoms with Gasteiger partial charge in [-0.2, -0.15) is 5.10 Å². The number of nitro benzene ring substituents is 1. The summed E-state index contributed by atoms with van der Waals surface area (Å²) in [5.41, 5.74) is 1.39. The van der Waals surface area contributed by atoms with Gasteiger partial charge in [0.05, 0.1) is 29.0 Å². The highest BCUT2D eigenvalue weighted by molar-refractivity contribution is 5.95. The lowest BCUT2D eigenvalue weighted by Gasteiger charge is -2.08. The van der Waals surface area contributed by atoms with Gasteiger partial charge in [0.2, 0.25) is 5.88 Å². The number of rotatable bonds is 9. The van der Waals surface area contributed by atoms with Crippen molar-refractivity contribution in [3.8, 4) is 11.7 Å². The molecular formula is C19H21N7O4. The molecule has 30 heavy (non-hydrogen) atoms. The van der Waals surface area contributed by atoms with Crippen LogP contribution in [0.4, 0.5) is 11.4 Å². The van der Waals surface area contributed by atoms with Gasteiger partial charge < -0.3 is 15.4 Å². The normalized spacial score (nSPS) is 10.5. The number of para-hydroxylation sites is 2. The van der Waals surface area contributed by atoms with Gasteiger partial charge in [-0.3, -0.25) is 14.9 Å². The van der Waals surface area contributed by atoms with Crippen molar-refractivity contribution in [2.75, 3.05) is 25.0 Å². The molecule has 1 aromatic carbocycles. The standard InChI is InChI=1S/C19H21N7O4/c1-3-30-18-9-8-17(23-24-18)25-13(2)14(12-22-25)19(27)21-11-10-20-15-6-4-5-7-16(15)26(28)29/h4-9,12,20H,3,10-11H2,1-2H3,(H,21,27). The minimum Gasteiger partial charge on any atom is -0.477 e. The molecule has 0 saturated heterocycles. The summed E-state index contributed by atoms with van der Waals surface area (Å²) in [5.74, 6) is 0.574. The molecule has 3 aromatic rings. The van der Waals surface area contributed by atoms with E-state index in [0.29, 0.717) is 41.8 Å². The smallest absolute Gasteiger partial charge is 0.292 e. The number of nitrogens with one attached hydrogen (secondary N) is 2. The van der Waals surface area contributed by atoms with E-state index in [9.17, 15) is 14.9 Å². The third kappa shape index (κ3) is 4.69. The van der Waals surface area contributed by atoms with Crippen molar-refractivity contribution in [1.29, 1.82) is 0 Å². The molecule has 0 bridgehead atoms. The van der Waals surface area contributed by atoms with Gasteiger partial charge in [0, 0.05) is 25.2 Å². The molecule has 0 fully saturated rings. The maximum atomic E-state index is 12.5. The Morgan fingerprint density at radius 2 is 2.00 bits per heavy atom. The van der Waals surface area contributed by atoms with Gasteiger partial charge in [0.15, 0.2) is 5.82 Å². The van der Waals surface area contributed by atoms with Crippen LogP contribution in [0.15, 0.2) is 42.6 Å². The first-order valence-corrected chi connectivity index (χ1v) is 9.28. The highest BCUT2D eigenvalue weighted by Crippen LogP contribution is 2.22. The fourth-order valence-corrected chi connectivity index (χ4v) is 2.77. The lowest BCUT2D eigenvalue weighted by Crippen LogP contribution is -2.29. The van der Waals surface area contributed by atoms with E-state index in [2.05, 4.69) is 25.9 Å². The number of benzene rings is 1. The summed E-state index contributed by atoms with van der Waals surface area (Å²) in [6, 6.07) is 9.72. The number of nitrogens with zero attached hydrogens (tertiary/aromatic N) is 5. The van der Waals surface area contributed by atoms with Crippen LogP contribution in [0.25, 0.3) is 5.82 Å². The van der Waals surface area contributed by atoms with Gasteiger partial charge in [-0.15, -0.1) is 10.2 Å². The average molecular weight is 411 g/mol. The van der Waals surface area contributed by atoms with Crippen LogP contribution in [-0.4, -0.2) is 50.5 Å². The summed E-state index contributed by atoms with van der Waals surface area (Å²) in [4.78, 5) is 23.0. The van der Waals surface area contributed by atoms with Crippen molar-refractivity contribution in [2.45, 2.75) is 13.8 Å². The first-order valence-electron chi connectivity index (χ1n) is 9.28. The van der Waals surface area contributed by atoms with Crippen LogP contribution in [0.2, 0.25) is 0 Å². The number of hydrogen-bond donors (Lipinski definition) is 2. The fourth-order valence-electron chi connectivity index (χ4n) is 2.77. The van der Waals surface area contributed by atoms with Crippen molar-refractivity contribution < 1.29 is 14.5 Å². The van der Waals surface area contributed by atoms with E-state index in [1.807, 2.05) is 6.92 Å². The van der Waals surface area contributed by atoms with E-state index >= 15 is 0 Å². The molecule has 0 radical (unpaired) electrons. The van der Waals surface area contributed by atoms with Crippen LogP contribution in [0, 0.1) is 17.0 Å². The Balaban J connectivity index is 1.58. The lowest BCUT2D eigenvalue weighted by molar-refractivity contribution is -0.384. The third-order valence-corrected chi connectivity index (χ3v) is 4.22. The SMILES string of the molecule is CCOc1ccc(-n2ncc(C(=O)NCCNc3ccccc3[N+](=O)[O-])c2C)nn1. The first-order chi connectivity index (χ1) is 14.5. The molecule has 1 amide bonds. The Labute approximate surface area is 172 Å². The van der Waals surface area contributed by atoms with E-state index in [4.69, 9.17) is 4.74 Å². The number of aromatic nitrogens is 4. The summed E-state index contributed by atoms with van der Waals surface area (Å²) in [5, 5.41) is 29.0. The molecule has 11 heteroatoms. The van der Waals surface area contributed by atoms with Crippen LogP contribution >= 0.6 is 0 Å². The van der Waals surface area contributed by atoms with Gasteiger partial charge in [0.1, 0.15) is 5.69 Å². The molecule has 2 aromatic heterocycles. The number of carbonyl (C=O) groups excluding carboxylic acids is 1. The van der Waals surface area contributed by atoms with Crippen LogP contribution in [0.3, 0.4) is 0 Å². The molecule has 0 atom stereocenters. The molecule has 0 saturated carbocycles. The summed E-state index contributed by atoms with van der Waals surface area (Å²) >= 11 is 0. The predicted molar refractivity (Wildman–Crippen MR) is 109 cm³/mol. The Kier molecular flexibility index (Phi) is 6.53. The number of nitro groups is 1. The molecule has 0 spiro atoms. The van der Waals surface area contributed by atoms with E-state index in [1.165, 1.54) is 16.9 Å². The van der Waals surface area contributed by atoms with Crippen molar-refractivity contribution in [1.82, 2.24) is 25.3 Å². The second-order valence-corrected chi connectivity index (χ2v) is 6.18. The summed E-state index contributed by atoms with van der Waals surface area (Å²) < 4.78 is 6.78. The Morgan fingerprint density at radius 1 is 1.20 bits per heavy atom. The second kappa shape index (κ2) is 9.45. The second-order valence-electron chi connectivity index (χ2n) is 6.18. The molecular weight excluding hydrogens is 390 g/mol. The average Bonchev–Trinajstić information content (AvgIpc) is 3.13. The summed E-state index contributed by atoms with van der Waals surface area (Å²) in [6.07, 6.45) is 1.46. The van der Waals surface area contributed by atoms with Crippen molar-refractivity contribution in [3.05, 3.63) is 64.0 Å². The number of carbonyl (C=O) groups is 1. The van der Waals surface area contributed by atoms with Crippen LogP contribution in [-0.2, 0) is 0 Å². The molecule has 0 aliphatic heterocycles. The minimum atomic E-state index is -0.456. The largest absolute Gasteiger partial charge is 0.477 e. The van der Waals surface area contributed by atoms with E-state index in [0.717, 1.165) is 0 Å². The zero-order chi connectivity index (χ0) is 21.5. The molecule has 156 valence electrons. The Bertz CT molecular complexity index is 1030. The molecule has 11 nitrogen and oxygen atoms in total.